The van der Waals surface area contributed by atoms with E-state index in [2.05, 4.69) is 60.5 Å². The summed E-state index contributed by atoms with van der Waals surface area (Å²) < 4.78 is 0.980. The predicted octanol–water partition coefficient (Wildman–Crippen LogP) is 3.90. The molecule has 1 heterocycles. The van der Waals surface area contributed by atoms with Crippen molar-refractivity contribution in [2.45, 2.75) is 33.6 Å². The summed E-state index contributed by atoms with van der Waals surface area (Å²) in [6.45, 7) is 6.34. The van der Waals surface area contributed by atoms with E-state index in [9.17, 15) is 0 Å². The molecular formula is C15H18IN3. The fourth-order valence-corrected chi connectivity index (χ4v) is 2.54. The van der Waals surface area contributed by atoms with Crippen molar-refractivity contribution < 1.29 is 0 Å². The monoisotopic (exact) mass is 367 g/mol. The molecule has 3 nitrogen and oxygen atoms in total. The molecular weight excluding hydrogens is 349 g/mol. The summed E-state index contributed by atoms with van der Waals surface area (Å²) in [5.74, 6) is 1.32. The van der Waals surface area contributed by atoms with Crippen LogP contribution in [0.1, 0.15) is 30.2 Å². The minimum atomic E-state index is 0.579. The van der Waals surface area contributed by atoms with E-state index in [1.54, 1.807) is 0 Å². The zero-order chi connectivity index (χ0) is 14.0. The predicted molar refractivity (Wildman–Crippen MR) is 88.1 cm³/mol. The maximum Gasteiger partial charge on any atom is 0.162 e. The third kappa shape index (κ3) is 2.88. The maximum atomic E-state index is 6.02. The summed E-state index contributed by atoms with van der Waals surface area (Å²) in [7, 11) is 0. The molecule has 2 rings (SSSR count). The lowest BCUT2D eigenvalue weighted by atomic mass is 10.0. The summed E-state index contributed by atoms with van der Waals surface area (Å²) in [4.78, 5) is 9.14. The quantitative estimate of drug-likeness (QED) is 0.838. The van der Waals surface area contributed by atoms with Gasteiger partial charge in [-0.25, -0.2) is 9.97 Å². The number of halogens is 1. The van der Waals surface area contributed by atoms with Gasteiger partial charge in [-0.15, -0.1) is 0 Å². The van der Waals surface area contributed by atoms with Crippen molar-refractivity contribution in [2.75, 3.05) is 5.73 Å². The zero-order valence-corrected chi connectivity index (χ0v) is 13.7. The van der Waals surface area contributed by atoms with Crippen molar-refractivity contribution in [3.8, 4) is 11.4 Å². The van der Waals surface area contributed by atoms with Crippen molar-refractivity contribution >= 4 is 28.4 Å². The van der Waals surface area contributed by atoms with E-state index in [4.69, 9.17) is 10.7 Å². The van der Waals surface area contributed by atoms with Crippen LogP contribution in [0.3, 0.4) is 0 Å². The van der Waals surface area contributed by atoms with E-state index < -0.39 is 0 Å². The Morgan fingerprint density at radius 2 is 1.95 bits per heavy atom. The van der Waals surface area contributed by atoms with E-state index in [0.717, 1.165) is 33.5 Å². The molecule has 0 atom stereocenters. The number of benzene rings is 1. The van der Waals surface area contributed by atoms with Crippen molar-refractivity contribution in [2.24, 2.45) is 0 Å². The molecule has 0 bridgehead atoms. The number of nitrogens with two attached hydrogens (primary N) is 1. The molecule has 1 aromatic carbocycles. The summed E-state index contributed by atoms with van der Waals surface area (Å²) in [5.41, 5.74) is 10.6. The fraction of sp³-hybridized carbons (Fsp3) is 0.333. The molecule has 2 N–H and O–H groups in total. The second-order valence-corrected chi connectivity index (χ2v) is 5.77. The third-order valence-corrected chi connectivity index (χ3v) is 4.45. The molecule has 0 saturated carbocycles. The van der Waals surface area contributed by atoms with Crippen LogP contribution in [0.15, 0.2) is 18.2 Å². The van der Waals surface area contributed by atoms with E-state index in [-0.39, 0.29) is 0 Å². The van der Waals surface area contributed by atoms with E-state index in [1.165, 1.54) is 11.1 Å². The van der Waals surface area contributed by atoms with Gasteiger partial charge in [0.25, 0.3) is 0 Å². The molecule has 0 unspecified atom stereocenters. The lowest BCUT2D eigenvalue weighted by Gasteiger charge is -2.11. The number of aryl methyl sites for hydroxylation is 2. The minimum absolute atomic E-state index is 0.579. The number of hydrogen-bond acceptors (Lipinski definition) is 3. The minimum Gasteiger partial charge on any atom is -0.383 e. The molecule has 0 amide bonds. The molecule has 0 spiro atoms. The van der Waals surface area contributed by atoms with Gasteiger partial charge in [0, 0.05) is 5.56 Å². The van der Waals surface area contributed by atoms with Crippen LogP contribution >= 0.6 is 22.6 Å². The topological polar surface area (TPSA) is 51.8 Å². The van der Waals surface area contributed by atoms with Crippen molar-refractivity contribution in [3.63, 3.8) is 0 Å². The van der Waals surface area contributed by atoms with Gasteiger partial charge in [0.15, 0.2) is 5.82 Å². The highest BCUT2D eigenvalue weighted by Gasteiger charge is 2.12. The number of anilines is 1. The van der Waals surface area contributed by atoms with Gasteiger partial charge < -0.3 is 5.73 Å². The van der Waals surface area contributed by atoms with Crippen LogP contribution in [-0.2, 0) is 6.42 Å². The molecule has 0 aliphatic heterocycles. The SMILES string of the molecule is CCCc1nc(-c2cccc(C)c2C)nc(N)c1I. The average molecular weight is 367 g/mol. The second-order valence-electron chi connectivity index (χ2n) is 4.69. The first kappa shape index (κ1) is 14.2. The molecule has 19 heavy (non-hydrogen) atoms. The zero-order valence-electron chi connectivity index (χ0n) is 11.5. The Morgan fingerprint density at radius 3 is 2.63 bits per heavy atom. The Kier molecular flexibility index (Phi) is 4.39. The molecule has 0 fully saturated rings. The smallest absolute Gasteiger partial charge is 0.162 e. The van der Waals surface area contributed by atoms with Gasteiger partial charge in [-0.05, 0) is 54.0 Å². The van der Waals surface area contributed by atoms with Crippen LogP contribution in [0.25, 0.3) is 11.4 Å². The van der Waals surface area contributed by atoms with Crippen LogP contribution in [0.5, 0.6) is 0 Å². The standard InChI is InChI=1S/C15H18IN3/c1-4-6-12-13(16)14(17)19-15(18-12)11-8-5-7-9(2)10(11)3/h5,7-8H,4,6H2,1-3H3,(H2,17,18,19). The normalized spacial score (nSPS) is 10.7. The fourth-order valence-electron chi connectivity index (χ4n) is 2.03. The molecule has 4 heteroatoms. The van der Waals surface area contributed by atoms with E-state index in [0.29, 0.717) is 5.82 Å². The number of aromatic nitrogens is 2. The highest BCUT2D eigenvalue weighted by molar-refractivity contribution is 14.1. The second kappa shape index (κ2) is 5.86. The van der Waals surface area contributed by atoms with Gasteiger partial charge in [-0.2, -0.15) is 0 Å². The third-order valence-electron chi connectivity index (χ3n) is 3.28. The largest absolute Gasteiger partial charge is 0.383 e. The maximum absolute atomic E-state index is 6.02. The molecule has 0 aliphatic carbocycles. The molecule has 0 saturated heterocycles. The van der Waals surface area contributed by atoms with Crippen LogP contribution in [0.4, 0.5) is 5.82 Å². The average Bonchev–Trinajstić information content (AvgIpc) is 2.38. The number of nitrogens with zero attached hydrogens (tertiary/aromatic N) is 2. The highest BCUT2D eigenvalue weighted by atomic mass is 127. The molecule has 1 aromatic heterocycles. The molecule has 0 radical (unpaired) electrons. The lowest BCUT2D eigenvalue weighted by Crippen LogP contribution is -2.05. The molecule has 2 aromatic rings. The van der Waals surface area contributed by atoms with Crippen LogP contribution < -0.4 is 5.73 Å². The van der Waals surface area contributed by atoms with Crippen molar-refractivity contribution in [1.82, 2.24) is 9.97 Å². The van der Waals surface area contributed by atoms with Gasteiger partial charge in [0.1, 0.15) is 5.82 Å². The number of hydrogen-bond donors (Lipinski definition) is 1. The number of nitrogen functional groups attached to an aromatic ring is 1. The lowest BCUT2D eigenvalue weighted by molar-refractivity contribution is 0.869. The molecule has 100 valence electrons. The Morgan fingerprint density at radius 1 is 1.21 bits per heavy atom. The highest BCUT2D eigenvalue weighted by Crippen LogP contribution is 2.26. The van der Waals surface area contributed by atoms with E-state index in [1.807, 2.05) is 6.07 Å². The molecule has 0 aliphatic rings. The van der Waals surface area contributed by atoms with E-state index >= 15 is 0 Å². The Bertz CT molecular complexity index is 609. The first-order chi connectivity index (χ1) is 9.04. The van der Waals surface area contributed by atoms with Crippen molar-refractivity contribution in [3.05, 3.63) is 38.6 Å². The van der Waals surface area contributed by atoms with Crippen molar-refractivity contribution in [1.29, 1.82) is 0 Å². The van der Waals surface area contributed by atoms with Gasteiger partial charge in [0.05, 0.1) is 9.26 Å². The number of rotatable bonds is 3. The Balaban J connectivity index is 2.59. The van der Waals surface area contributed by atoms with Gasteiger partial charge in [-0.1, -0.05) is 31.5 Å². The van der Waals surface area contributed by atoms with Crippen LogP contribution in [0, 0.1) is 17.4 Å². The van der Waals surface area contributed by atoms with Crippen LogP contribution in [0.2, 0.25) is 0 Å². The van der Waals surface area contributed by atoms with Gasteiger partial charge >= 0.3 is 0 Å². The Hall–Kier alpha value is -1.17. The van der Waals surface area contributed by atoms with Gasteiger partial charge in [-0.3, -0.25) is 0 Å². The van der Waals surface area contributed by atoms with Crippen LogP contribution in [-0.4, -0.2) is 9.97 Å². The Labute approximate surface area is 127 Å². The summed E-state index contributed by atoms with van der Waals surface area (Å²) in [5, 5.41) is 0. The summed E-state index contributed by atoms with van der Waals surface area (Å²) in [6.07, 6.45) is 1.99. The van der Waals surface area contributed by atoms with Gasteiger partial charge in [0.2, 0.25) is 0 Å². The first-order valence-electron chi connectivity index (χ1n) is 6.43. The summed E-state index contributed by atoms with van der Waals surface area (Å²) in [6, 6.07) is 6.19. The first-order valence-corrected chi connectivity index (χ1v) is 7.51. The summed E-state index contributed by atoms with van der Waals surface area (Å²) >= 11 is 2.23.